The Balaban J connectivity index is 1.90. The third-order valence-corrected chi connectivity index (χ3v) is 4.99. The van der Waals surface area contributed by atoms with Gasteiger partial charge in [0.05, 0.1) is 11.7 Å². The maximum atomic E-state index is 13.6. The minimum atomic E-state index is -1.15. The molecule has 1 aromatic carbocycles. The summed E-state index contributed by atoms with van der Waals surface area (Å²) in [5, 5.41) is 13.9. The number of nitrogens with one attached hydrogen (secondary N) is 1. The molecule has 0 saturated heterocycles. The third-order valence-electron chi connectivity index (χ3n) is 3.89. The number of benzene rings is 1. The maximum Gasteiger partial charge on any atom is 0.131 e. The van der Waals surface area contributed by atoms with Gasteiger partial charge in [0.25, 0.3) is 0 Å². The summed E-state index contributed by atoms with van der Waals surface area (Å²) in [5.41, 5.74) is -0.239. The highest BCUT2D eigenvalue weighted by Crippen LogP contribution is 2.27. The van der Waals surface area contributed by atoms with Crippen molar-refractivity contribution >= 4 is 11.8 Å². The molecule has 1 saturated carbocycles. The van der Waals surface area contributed by atoms with Crippen molar-refractivity contribution in [1.29, 1.82) is 0 Å². The minimum absolute atomic E-state index is 0.184. The number of thioether (sulfide) groups is 1. The molecule has 0 bridgehead atoms. The fraction of sp³-hybridized carbons (Fsp3) is 0.600. The van der Waals surface area contributed by atoms with Gasteiger partial charge < -0.3 is 10.4 Å². The Morgan fingerprint density at radius 1 is 1.35 bits per heavy atom. The Bertz CT molecular complexity index is 424. The molecule has 2 N–H and O–H groups in total. The summed E-state index contributed by atoms with van der Waals surface area (Å²) in [4.78, 5) is 0. The zero-order valence-electron chi connectivity index (χ0n) is 11.6. The van der Waals surface area contributed by atoms with Gasteiger partial charge in [0.2, 0.25) is 0 Å². The molecule has 20 heavy (non-hydrogen) atoms. The molecule has 2 nitrogen and oxygen atoms in total. The molecule has 1 aromatic rings. The molecule has 1 aliphatic carbocycles. The van der Waals surface area contributed by atoms with Crippen molar-refractivity contribution in [1.82, 2.24) is 5.32 Å². The molecule has 2 rings (SSSR count). The lowest BCUT2D eigenvalue weighted by Gasteiger charge is -2.29. The molecule has 3 unspecified atom stereocenters. The summed E-state index contributed by atoms with van der Waals surface area (Å²) in [7, 11) is 0. The highest BCUT2D eigenvalue weighted by molar-refractivity contribution is 7.99. The summed E-state index contributed by atoms with van der Waals surface area (Å²) in [6.45, 7) is 0.184. The number of hydrogen-bond acceptors (Lipinski definition) is 3. The van der Waals surface area contributed by atoms with Crippen LogP contribution < -0.4 is 5.32 Å². The van der Waals surface area contributed by atoms with Crippen LogP contribution in [0.2, 0.25) is 0 Å². The number of aliphatic hydroxyl groups excluding tert-OH is 1. The van der Waals surface area contributed by atoms with Gasteiger partial charge >= 0.3 is 0 Å². The average Bonchev–Trinajstić information content (AvgIpc) is 2.45. The zero-order valence-corrected chi connectivity index (χ0v) is 12.4. The molecular weight excluding hydrogens is 280 g/mol. The molecule has 0 radical (unpaired) electrons. The predicted octanol–water partition coefficient (Wildman–Crippen LogP) is 3.26. The van der Waals surface area contributed by atoms with Crippen LogP contribution in [0, 0.1) is 11.6 Å². The van der Waals surface area contributed by atoms with Crippen LogP contribution in [-0.2, 0) is 0 Å². The molecule has 1 fully saturated rings. The van der Waals surface area contributed by atoms with Crippen molar-refractivity contribution in [3.05, 3.63) is 35.4 Å². The van der Waals surface area contributed by atoms with E-state index in [2.05, 4.69) is 11.6 Å². The minimum Gasteiger partial charge on any atom is -0.387 e. The Hall–Kier alpha value is -0.650. The molecule has 0 spiro atoms. The van der Waals surface area contributed by atoms with Crippen molar-refractivity contribution in [3.63, 3.8) is 0 Å². The van der Waals surface area contributed by atoms with Gasteiger partial charge in [0, 0.05) is 17.8 Å². The predicted molar refractivity (Wildman–Crippen MR) is 78.9 cm³/mol. The van der Waals surface area contributed by atoms with Crippen LogP contribution in [0.4, 0.5) is 8.78 Å². The van der Waals surface area contributed by atoms with Crippen LogP contribution >= 0.6 is 11.8 Å². The molecule has 1 aliphatic rings. The standard InChI is InChI=1S/C15H21F2NOS/c1-20-11-5-2-4-10(8-11)18-9-14(19)15-12(16)6-3-7-13(15)17/h3,6-7,10-11,14,18-19H,2,4-5,8-9H2,1H3. The molecule has 5 heteroatoms. The first kappa shape index (κ1) is 15.7. The van der Waals surface area contributed by atoms with Crippen LogP contribution in [0.15, 0.2) is 18.2 Å². The Labute approximate surface area is 123 Å². The fourth-order valence-electron chi connectivity index (χ4n) is 2.75. The van der Waals surface area contributed by atoms with Crippen molar-refractivity contribution < 1.29 is 13.9 Å². The quantitative estimate of drug-likeness (QED) is 0.875. The number of aliphatic hydroxyl groups is 1. The van der Waals surface area contributed by atoms with Gasteiger partial charge in [-0.05, 0) is 37.7 Å². The summed E-state index contributed by atoms with van der Waals surface area (Å²) in [6, 6.07) is 3.97. The first-order valence-electron chi connectivity index (χ1n) is 7.00. The van der Waals surface area contributed by atoms with E-state index in [1.165, 1.54) is 24.6 Å². The van der Waals surface area contributed by atoms with Crippen LogP contribution in [0.25, 0.3) is 0 Å². The molecule has 0 heterocycles. The van der Waals surface area contributed by atoms with Gasteiger partial charge in [-0.2, -0.15) is 11.8 Å². The molecule has 112 valence electrons. The lowest BCUT2D eigenvalue weighted by Crippen LogP contribution is -2.37. The highest BCUT2D eigenvalue weighted by Gasteiger charge is 2.23. The molecule has 3 atom stereocenters. The van der Waals surface area contributed by atoms with Gasteiger partial charge in [-0.1, -0.05) is 12.5 Å². The number of halogens is 2. The first-order valence-corrected chi connectivity index (χ1v) is 8.28. The average molecular weight is 301 g/mol. The SMILES string of the molecule is CSC1CCCC(NCC(O)c2c(F)cccc2F)C1. The van der Waals surface area contributed by atoms with Crippen LogP contribution in [0.1, 0.15) is 37.4 Å². The van der Waals surface area contributed by atoms with Crippen LogP contribution in [-0.4, -0.2) is 29.2 Å². The van der Waals surface area contributed by atoms with Gasteiger partial charge in [0.15, 0.2) is 0 Å². The topological polar surface area (TPSA) is 32.3 Å². The van der Waals surface area contributed by atoms with Crippen molar-refractivity contribution in [2.75, 3.05) is 12.8 Å². The number of rotatable bonds is 5. The van der Waals surface area contributed by atoms with E-state index in [0.717, 1.165) is 19.3 Å². The Morgan fingerprint density at radius 3 is 2.70 bits per heavy atom. The van der Waals surface area contributed by atoms with E-state index >= 15 is 0 Å². The Kier molecular flexibility index (Phi) is 5.81. The van der Waals surface area contributed by atoms with E-state index in [-0.39, 0.29) is 12.1 Å². The fourth-order valence-corrected chi connectivity index (χ4v) is 3.58. The molecule has 0 aliphatic heterocycles. The van der Waals surface area contributed by atoms with Crippen molar-refractivity contribution in [2.24, 2.45) is 0 Å². The van der Waals surface area contributed by atoms with Gasteiger partial charge in [-0.3, -0.25) is 0 Å². The van der Waals surface area contributed by atoms with Crippen molar-refractivity contribution in [3.8, 4) is 0 Å². The van der Waals surface area contributed by atoms with Crippen LogP contribution in [0.5, 0.6) is 0 Å². The molecular formula is C15H21F2NOS. The first-order chi connectivity index (χ1) is 9.61. The maximum absolute atomic E-state index is 13.6. The van der Waals surface area contributed by atoms with E-state index in [9.17, 15) is 13.9 Å². The highest BCUT2D eigenvalue weighted by atomic mass is 32.2. The van der Waals surface area contributed by atoms with E-state index in [1.807, 2.05) is 11.8 Å². The summed E-state index contributed by atoms with van der Waals surface area (Å²) in [6.07, 6.45) is 5.45. The van der Waals surface area contributed by atoms with E-state index in [1.54, 1.807) is 0 Å². The van der Waals surface area contributed by atoms with Gasteiger partial charge in [-0.15, -0.1) is 0 Å². The number of hydrogen-bond donors (Lipinski definition) is 2. The second kappa shape index (κ2) is 7.38. The third kappa shape index (κ3) is 3.93. The summed E-state index contributed by atoms with van der Waals surface area (Å²) in [5.74, 6) is -1.38. The van der Waals surface area contributed by atoms with E-state index in [0.29, 0.717) is 11.3 Å². The van der Waals surface area contributed by atoms with Crippen molar-refractivity contribution in [2.45, 2.75) is 43.1 Å². The van der Waals surface area contributed by atoms with E-state index in [4.69, 9.17) is 0 Å². The largest absolute Gasteiger partial charge is 0.387 e. The zero-order chi connectivity index (χ0) is 14.5. The summed E-state index contributed by atoms with van der Waals surface area (Å²) >= 11 is 1.86. The normalized spacial score (nSPS) is 24.6. The second-order valence-corrected chi connectivity index (χ2v) is 6.42. The lowest BCUT2D eigenvalue weighted by molar-refractivity contribution is 0.157. The summed E-state index contributed by atoms with van der Waals surface area (Å²) < 4.78 is 27.1. The monoisotopic (exact) mass is 301 g/mol. The smallest absolute Gasteiger partial charge is 0.131 e. The lowest BCUT2D eigenvalue weighted by atomic mass is 9.94. The van der Waals surface area contributed by atoms with E-state index < -0.39 is 17.7 Å². The Morgan fingerprint density at radius 2 is 2.05 bits per heavy atom. The molecule has 0 aromatic heterocycles. The van der Waals surface area contributed by atoms with Gasteiger partial charge in [-0.25, -0.2) is 8.78 Å². The molecule has 0 amide bonds. The van der Waals surface area contributed by atoms with Gasteiger partial charge in [0.1, 0.15) is 11.6 Å². The second-order valence-electron chi connectivity index (χ2n) is 5.28. The van der Waals surface area contributed by atoms with Crippen LogP contribution in [0.3, 0.4) is 0 Å².